The summed E-state index contributed by atoms with van der Waals surface area (Å²) in [5.41, 5.74) is 4.60. The molecule has 0 amide bonds. The van der Waals surface area contributed by atoms with E-state index in [9.17, 15) is 0 Å². The normalized spacial score (nSPS) is 21.2. The maximum atomic E-state index is 6.75. The van der Waals surface area contributed by atoms with Gasteiger partial charge >= 0.3 is 0 Å². The molecule has 0 bridgehead atoms. The lowest BCUT2D eigenvalue weighted by Gasteiger charge is -2.41. The van der Waals surface area contributed by atoms with Crippen molar-refractivity contribution in [1.29, 1.82) is 0 Å². The quantitative estimate of drug-likeness (QED) is 0.406. The van der Waals surface area contributed by atoms with Crippen LogP contribution in [0.1, 0.15) is 60.0 Å². The summed E-state index contributed by atoms with van der Waals surface area (Å²) in [5, 5.41) is 0. The van der Waals surface area contributed by atoms with E-state index in [0.29, 0.717) is 24.0 Å². The molecule has 5 rings (SSSR count). The van der Waals surface area contributed by atoms with E-state index in [2.05, 4.69) is 30.3 Å². The standard InChI is InChI=1S/C29H32O5/c1-30-26-15-20(13-14-25(26)33-18-19-9-5-4-6-10-19)29-23-17-28(32-3)27(31-2)16-22(23)21-11-7-8-12-24(21)34-29/h4-6,9-10,13-17,21,24,29H,7-8,11-12,18H2,1-3H3/t21-,24+,29+/m0/s1. The fourth-order valence-corrected chi connectivity index (χ4v) is 5.28. The van der Waals surface area contributed by atoms with E-state index in [-0.39, 0.29) is 12.2 Å². The van der Waals surface area contributed by atoms with Crippen molar-refractivity contribution in [3.8, 4) is 23.0 Å². The largest absolute Gasteiger partial charge is 0.493 e. The average molecular weight is 461 g/mol. The molecular formula is C29H32O5. The third-order valence-electron chi connectivity index (χ3n) is 7.01. The first kappa shape index (κ1) is 22.6. The summed E-state index contributed by atoms with van der Waals surface area (Å²) < 4.78 is 29.8. The second-order valence-electron chi connectivity index (χ2n) is 8.97. The van der Waals surface area contributed by atoms with E-state index < -0.39 is 0 Å². The summed E-state index contributed by atoms with van der Waals surface area (Å²) in [6.07, 6.45) is 4.63. The Bertz CT molecular complexity index is 1130. The van der Waals surface area contributed by atoms with Crippen LogP contribution >= 0.6 is 0 Å². The van der Waals surface area contributed by atoms with E-state index in [1.165, 1.54) is 18.4 Å². The Balaban J connectivity index is 1.50. The summed E-state index contributed by atoms with van der Waals surface area (Å²) in [7, 11) is 5.04. The average Bonchev–Trinajstić information content (AvgIpc) is 2.91. The van der Waals surface area contributed by atoms with Crippen LogP contribution in [0.5, 0.6) is 23.0 Å². The highest BCUT2D eigenvalue weighted by molar-refractivity contribution is 5.54. The molecule has 178 valence electrons. The van der Waals surface area contributed by atoms with Crippen molar-refractivity contribution in [3.05, 3.63) is 82.9 Å². The minimum Gasteiger partial charge on any atom is -0.493 e. The molecule has 0 aromatic heterocycles. The van der Waals surface area contributed by atoms with Crippen LogP contribution in [0.4, 0.5) is 0 Å². The Hall–Kier alpha value is -3.18. The van der Waals surface area contributed by atoms with Gasteiger partial charge in [0.15, 0.2) is 23.0 Å². The Labute approximate surface area is 201 Å². The lowest BCUT2D eigenvalue weighted by atomic mass is 9.76. The summed E-state index contributed by atoms with van der Waals surface area (Å²) in [5.74, 6) is 3.29. The summed E-state index contributed by atoms with van der Waals surface area (Å²) in [6.45, 7) is 0.486. The van der Waals surface area contributed by atoms with Crippen molar-refractivity contribution < 1.29 is 23.7 Å². The third kappa shape index (κ3) is 4.32. The molecule has 1 heterocycles. The molecule has 0 unspecified atom stereocenters. The molecule has 0 saturated heterocycles. The molecule has 0 spiro atoms. The summed E-state index contributed by atoms with van der Waals surface area (Å²) in [6, 6.07) is 20.5. The van der Waals surface area contributed by atoms with Crippen molar-refractivity contribution in [2.45, 2.75) is 50.4 Å². The van der Waals surface area contributed by atoms with Crippen molar-refractivity contribution in [3.63, 3.8) is 0 Å². The highest BCUT2D eigenvalue weighted by Gasteiger charge is 2.39. The second-order valence-corrected chi connectivity index (χ2v) is 8.97. The third-order valence-corrected chi connectivity index (χ3v) is 7.01. The molecule has 3 aromatic carbocycles. The van der Waals surface area contributed by atoms with Gasteiger partial charge in [0.05, 0.1) is 27.4 Å². The van der Waals surface area contributed by atoms with Crippen molar-refractivity contribution in [2.24, 2.45) is 0 Å². The zero-order valence-electron chi connectivity index (χ0n) is 20.1. The van der Waals surface area contributed by atoms with Gasteiger partial charge in [-0.3, -0.25) is 0 Å². The molecule has 0 radical (unpaired) electrons. The van der Waals surface area contributed by atoms with Crippen LogP contribution in [0.15, 0.2) is 60.7 Å². The van der Waals surface area contributed by atoms with Gasteiger partial charge in [-0.1, -0.05) is 49.2 Å². The SMILES string of the molecule is COc1cc2c(cc1OC)[C@@H]1CCCC[C@H]1O[C@@H]2c1ccc(OCc2ccccc2)c(OC)c1. The highest BCUT2D eigenvalue weighted by atomic mass is 16.5. The van der Waals surface area contributed by atoms with E-state index in [1.807, 2.05) is 30.3 Å². The molecule has 0 N–H and O–H groups in total. The van der Waals surface area contributed by atoms with E-state index in [0.717, 1.165) is 41.0 Å². The Morgan fingerprint density at radius 3 is 2.15 bits per heavy atom. The minimum atomic E-state index is -0.203. The first-order chi connectivity index (χ1) is 16.7. The molecule has 34 heavy (non-hydrogen) atoms. The molecule has 5 nitrogen and oxygen atoms in total. The zero-order chi connectivity index (χ0) is 23.5. The Morgan fingerprint density at radius 2 is 1.41 bits per heavy atom. The van der Waals surface area contributed by atoms with E-state index in [1.54, 1.807) is 21.3 Å². The van der Waals surface area contributed by atoms with Gasteiger partial charge in [0.1, 0.15) is 12.7 Å². The lowest BCUT2D eigenvalue weighted by molar-refractivity contribution is -0.0391. The zero-order valence-corrected chi connectivity index (χ0v) is 20.1. The molecule has 5 heteroatoms. The van der Waals surface area contributed by atoms with Crippen molar-refractivity contribution in [2.75, 3.05) is 21.3 Å². The topological polar surface area (TPSA) is 46.2 Å². The maximum absolute atomic E-state index is 6.75. The molecule has 1 fully saturated rings. The molecular weight excluding hydrogens is 428 g/mol. The van der Waals surface area contributed by atoms with Crippen LogP contribution in [0.3, 0.4) is 0 Å². The number of methoxy groups -OCH3 is 3. The first-order valence-corrected chi connectivity index (χ1v) is 12.0. The van der Waals surface area contributed by atoms with Gasteiger partial charge < -0.3 is 23.7 Å². The maximum Gasteiger partial charge on any atom is 0.161 e. The molecule has 2 aliphatic rings. The molecule has 3 aromatic rings. The van der Waals surface area contributed by atoms with Gasteiger partial charge in [-0.15, -0.1) is 0 Å². The highest BCUT2D eigenvalue weighted by Crippen LogP contribution is 2.50. The number of hydrogen-bond acceptors (Lipinski definition) is 5. The number of ether oxygens (including phenoxy) is 5. The summed E-state index contributed by atoms with van der Waals surface area (Å²) >= 11 is 0. The van der Waals surface area contributed by atoms with Crippen LogP contribution in [0.2, 0.25) is 0 Å². The van der Waals surface area contributed by atoms with Gasteiger partial charge in [0.25, 0.3) is 0 Å². The van der Waals surface area contributed by atoms with Crippen LogP contribution in [0, 0.1) is 0 Å². The van der Waals surface area contributed by atoms with Gasteiger partial charge in [0, 0.05) is 5.92 Å². The number of benzene rings is 3. The van der Waals surface area contributed by atoms with E-state index in [4.69, 9.17) is 23.7 Å². The van der Waals surface area contributed by atoms with Gasteiger partial charge in [-0.2, -0.15) is 0 Å². The molecule has 1 aliphatic heterocycles. The monoisotopic (exact) mass is 460 g/mol. The number of hydrogen-bond donors (Lipinski definition) is 0. The Morgan fingerprint density at radius 1 is 0.735 bits per heavy atom. The van der Waals surface area contributed by atoms with Gasteiger partial charge in [-0.25, -0.2) is 0 Å². The van der Waals surface area contributed by atoms with E-state index >= 15 is 0 Å². The fourth-order valence-electron chi connectivity index (χ4n) is 5.28. The number of fused-ring (bicyclic) bond motifs is 3. The van der Waals surface area contributed by atoms with Gasteiger partial charge in [0.2, 0.25) is 0 Å². The fraction of sp³-hybridized carbons (Fsp3) is 0.379. The number of rotatable bonds is 7. The molecule has 1 aliphatic carbocycles. The van der Waals surface area contributed by atoms with Gasteiger partial charge in [-0.05, 0) is 59.4 Å². The van der Waals surface area contributed by atoms with Crippen LogP contribution in [0.25, 0.3) is 0 Å². The van der Waals surface area contributed by atoms with Crippen molar-refractivity contribution in [1.82, 2.24) is 0 Å². The lowest BCUT2D eigenvalue weighted by Crippen LogP contribution is -2.33. The predicted octanol–water partition coefficient (Wildman–Crippen LogP) is 6.44. The molecule has 1 saturated carbocycles. The van der Waals surface area contributed by atoms with Crippen LogP contribution in [-0.2, 0) is 11.3 Å². The minimum absolute atomic E-state index is 0.198. The van der Waals surface area contributed by atoms with Crippen LogP contribution < -0.4 is 18.9 Å². The Kier molecular flexibility index (Phi) is 6.63. The predicted molar refractivity (Wildman–Crippen MR) is 131 cm³/mol. The first-order valence-electron chi connectivity index (χ1n) is 12.0. The smallest absolute Gasteiger partial charge is 0.161 e. The van der Waals surface area contributed by atoms with Crippen molar-refractivity contribution >= 4 is 0 Å². The second kappa shape index (κ2) is 9.98. The summed E-state index contributed by atoms with van der Waals surface area (Å²) in [4.78, 5) is 0. The van der Waals surface area contributed by atoms with Crippen LogP contribution in [-0.4, -0.2) is 27.4 Å². The molecule has 3 atom stereocenters.